The molecule has 0 heterocycles. The molecule has 0 rings (SSSR count). The van der Waals surface area contributed by atoms with Gasteiger partial charge in [0, 0.05) is 26.0 Å². The van der Waals surface area contributed by atoms with Crippen LogP contribution >= 0.6 is 0 Å². The van der Waals surface area contributed by atoms with Crippen LogP contribution in [-0.2, 0) is 19.1 Å². The average Bonchev–Trinajstić information content (AvgIpc) is 3.14. The van der Waals surface area contributed by atoms with E-state index >= 15 is 0 Å². The minimum absolute atomic E-state index is 0.0168. The number of hydrogen-bond donors (Lipinski definition) is 1. The first-order valence-corrected chi connectivity index (χ1v) is 23.3. The molecule has 0 saturated heterocycles. The van der Waals surface area contributed by atoms with Crippen molar-refractivity contribution >= 4 is 11.9 Å². The van der Waals surface area contributed by atoms with Crippen molar-refractivity contribution in [3.8, 4) is 0 Å². The number of carbonyl (C=O) groups is 2. The molecule has 0 fully saturated rings. The Balaban J connectivity index is 4.01. The summed E-state index contributed by atoms with van der Waals surface area (Å²) in [6.07, 6.45) is 40.8. The highest BCUT2D eigenvalue weighted by Gasteiger charge is 2.14. The van der Waals surface area contributed by atoms with Gasteiger partial charge in [-0.3, -0.25) is 9.59 Å². The van der Waals surface area contributed by atoms with E-state index in [1.807, 2.05) is 0 Å². The smallest absolute Gasteiger partial charge is 0.306 e. The van der Waals surface area contributed by atoms with Gasteiger partial charge in [0.25, 0.3) is 0 Å². The third-order valence-electron chi connectivity index (χ3n) is 10.7. The molecular formula is C46H91NO5. The zero-order chi connectivity index (χ0) is 38.0. The highest BCUT2D eigenvalue weighted by molar-refractivity contribution is 5.69. The minimum Gasteiger partial charge on any atom is -0.466 e. The van der Waals surface area contributed by atoms with Crippen LogP contribution in [0.5, 0.6) is 0 Å². The molecule has 1 N–H and O–H groups in total. The first-order valence-electron chi connectivity index (χ1n) is 23.3. The van der Waals surface area contributed by atoms with Crippen LogP contribution in [0.4, 0.5) is 0 Å². The van der Waals surface area contributed by atoms with Gasteiger partial charge in [0.15, 0.2) is 0 Å². The molecule has 0 aliphatic heterocycles. The summed E-state index contributed by atoms with van der Waals surface area (Å²) >= 11 is 0. The van der Waals surface area contributed by atoms with Gasteiger partial charge in [-0.15, -0.1) is 0 Å². The van der Waals surface area contributed by atoms with E-state index in [1.54, 1.807) is 0 Å². The first kappa shape index (κ1) is 50.9. The third-order valence-corrected chi connectivity index (χ3v) is 10.7. The summed E-state index contributed by atoms with van der Waals surface area (Å²) in [5.41, 5.74) is 0. The number of rotatable bonds is 43. The van der Waals surface area contributed by atoms with E-state index in [9.17, 15) is 14.7 Å². The topological polar surface area (TPSA) is 76.1 Å². The minimum atomic E-state index is -0.0304. The monoisotopic (exact) mass is 738 g/mol. The van der Waals surface area contributed by atoms with Crippen LogP contribution in [0.2, 0.25) is 0 Å². The Hall–Kier alpha value is -1.14. The summed E-state index contributed by atoms with van der Waals surface area (Å²) in [7, 11) is 0. The SMILES string of the molecule is CCCCCCCCCCCOC(=O)CCCCCCN(CCCO)CCCCCCCC(=O)OC(CCCCCCCC)CCCCCCCC. The Morgan fingerprint density at radius 1 is 0.442 bits per heavy atom. The lowest BCUT2D eigenvalue weighted by Crippen LogP contribution is -2.27. The van der Waals surface area contributed by atoms with Gasteiger partial charge in [-0.05, 0) is 77.3 Å². The molecule has 0 aromatic rings. The largest absolute Gasteiger partial charge is 0.466 e. The number of aliphatic hydroxyl groups is 1. The van der Waals surface area contributed by atoms with Gasteiger partial charge in [-0.2, -0.15) is 0 Å². The predicted octanol–water partition coefficient (Wildman–Crippen LogP) is 13.4. The molecule has 0 spiro atoms. The molecule has 0 bridgehead atoms. The third kappa shape index (κ3) is 38.6. The van der Waals surface area contributed by atoms with E-state index in [0.717, 1.165) is 90.3 Å². The second-order valence-corrected chi connectivity index (χ2v) is 15.9. The molecule has 0 amide bonds. The maximum Gasteiger partial charge on any atom is 0.306 e. The zero-order valence-corrected chi connectivity index (χ0v) is 35.4. The summed E-state index contributed by atoms with van der Waals surface area (Å²) in [4.78, 5) is 27.3. The van der Waals surface area contributed by atoms with Crippen LogP contribution in [0.1, 0.15) is 245 Å². The maximum absolute atomic E-state index is 12.7. The highest BCUT2D eigenvalue weighted by Crippen LogP contribution is 2.18. The number of nitrogens with zero attached hydrogens (tertiary/aromatic N) is 1. The average molecular weight is 738 g/mol. The number of ether oxygens (including phenoxy) is 2. The summed E-state index contributed by atoms with van der Waals surface area (Å²) in [5, 5.41) is 9.38. The van der Waals surface area contributed by atoms with Crippen molar-refractivity contribution in [1.82, 2.24) is 4.90 Å². The van der Waals surface area contributed by atoms with Crippen molar-refractivity contribution in [2.45, 2.75) is 252 Å². The molecule has 0 saturated carbocycles. The van der Waals surface area contributed by atoms with E-state index < -0.39 is 0 Å². The van der Waals surface area contributed by atoms with Crippen molar-refractivity contribution in [3.05, 3.63) is 0 Å². The van der Waals surface area contributed by atoms with E-state index in [0.29, 0.717) is 19.4 Å². The molecule has 0 aliphatic rings. The quantitative estimate of drug-likeness (QED) is 0.0496. The molecule has 6 nitrogen and oxygen atoms in total. The Kier molecular flexibility index (Phi) is 41.7. The first-order chi connectivity index (χ1) is 25.6. The molecule has 310 valence electrons. The Morgan fingerprint density at radius 2 is 0.808 bits per heavy atom. The fourth-order valence-electron chi connectivity index (χ4n) is 7.21. The lowest BCUT2D eigenvalue weighted by Gasteiger charge is -2.22. The van der Waals surface area contributed by atoms with Crippen molar-refractivity contribution in [1.29, 1.82) is 0 Å². The Bertz CT molecular complexity index is 716. The fourth-order valence-corrected chi connectivity index (χ4v) is 7.21. The zero-order valence-electron chi connectivity index (χ0n) is 35.4. The summed E-state index contributed by atoms with van der Waals surface area (Å²) in [6, 6.07) is 0. The predicted molar refractivity (Wildman–Crippen MR) is 223 cm³/mol. The van der Waals surface area contributed by atoms with Gasteiger partial charge in [0.2, 0.25) is 0 Å². The summed E-state index contributed by atoms with van der Waals surface area (Å²) < 4.78 is 11.5. The van der Waals surface area contributed by atoms with E-state index in [4.69, 9.17) is 9.47 Å². The van der Waals surface area contributed by atoms with Gasteiger partial charge in [-0.25, -0.2) is 0 Å². The molecule has 0 radical (unpaired) electrons. The number of unbranched alkanes of at least 4 members (excludes halogenated alkanes) is 25. The highest BCUT2D eigenvalue weighted by atomic mass is 16.5. The van der Waals surface area contributed by atoms with Gasteiger partial charge in [-0.1, -0.05) is 168 Å². The van der Waals surface area contributed by atoms with Crippen LogP contribution in [0.3, 0.4) is 0 Å². The van der Waals surface area contributed by atoms with Crippen LogP contribution in [0.25, 0.3) is 0 Å². The summed E-state index contributed by atoms with van der Waals surface area (Å²) in [6.45, 7) is 10.7. The van der Waals surface area contributed by atoms with Crippen molar-refractivity contribution in [2.75, 3.05) is 32.8 Å². The molecule has 0 atom stereocenters. The molecule has 0 unspecified atom stereocenters. The van der Waals surface area contributed by atoms with Crippen molar-refractivity contribution < 1.29 is 24.2 Å². The van der Waals surface area contributed by atoms with Crippen molar-refractivity contribution in [3.63, 3.8) is 0 Å². The molecule has 0 aromatic heterocycles. The van der Waals surface area contributed by atoms with E-state index in [-0.39, 0.29) is 24.6 Å². The standard InChI is InChI=1S/C46H91NO5/c1-4-7-10-13-16-17-18-26-33-43-51-45(49)37-29-23-25-32-40-47(41-34-42-48)39-31-24-19-22-30-38-46(50)52-44(35-27-20-14-11-8-5-2)36-28-21-15-12-9-6-3/h44,48H,4-43H2,1-3H3. The number of esters is 2. The van der Waals surface area contributed by atoms with Gasteiger partial charge in [0.1, 0.15) is 6.10 Å². The normalized spacial score (nSPS) is 11.6. The lowest BCUT2D eigenvalue weighted by atomic mass is 10.0. The number of hydrogen-bond acceptors (Lipinski definition) is 6. The van der Waals surface area contributed by atoms with Crippen molar-refractivity contribution in [2.24, 2.45) is 0 Å². The number of carbonyl (C=O) groups excluding carboxylic acids is 2. The van der Waals surface area contributed by atoms with Crippen LogP contribution < -0.4 is 0 Å². The molecule has 52 heavy (non-hydrogen) atoms. The Morgan fingerprint density at radius 3 is 1.27 bits per heavy atom. The van der Waals surface area contributed by atoms with Gasteiger partial charge in [0.05, 0.1) is 6.61 Å². The Labute approximate surface area is 324 Å². The second kappa shape index (κ2) is 42.6. The van der Waals surface area contributed by atoms with Crippen LogP contribution in [-0.4, -0.2) is 60.9 Å². The molecule has 0 aromatic carbocycles. The van der Waals surface area contributed by atoms with Gasteiger partial charge < -0.3 is 19.5 Å². The molecule has 6 heteroatoms. The van der Waals surface area contributed by atoms with E-state index in [1.165, 1.54) is 141 Å². The van der Waals surface area contributed by atoms with Gasteiger partial charge >= 0.3 is 11.9 Å². The number of aliphatic hydroxyl groups excluding tert-OH is 1. The van der Waals surface area contributed by atoms with Crippen LogP contribution in [0.15, 0.2) is 0 Å². The lowest BCUT2D eigenvalue weighted by molar-refractivity contribution is -0.150. The van der Waals surface area contributed by atoms with Crippen LogP contribution in [0, 0.1) is 0 Å². The molecular weight excluding hydrogens is 647 g/mol. The van der Waals surface area contributed by atoms with E-state index in [2.05, 4.69) is 25.7 Å². The summed E-state index contributed by atoms with van der Waals surface area (Å²) in [5.74, 6) is -0.0136. The molecule has 0 aliphatic carbocycles. The maximum atomic E-state index is 12.7. The fraction of sp³-hybridized carbons (Fsp3) is 0.957. The second-order valence-electron chi connectivity index (χ2n) is 15.9.